The Morgan fingerprint density at radius 3 is 2.73 bits per heavy atom. The SMILES string of the molecule is CCCOS(=O)(=O)Oc1cccc(Br)c1. The van der Waals surface area contributed by atoms with Crippen LogP contribution in [0.15, 0.2) is 28.7 Å². The summed E-state index contributed by atoms with van der Waals surface area (Å²) in [6, 6.07) is 6.53. The van der Waals surface area contributed by atoms with E-state index in [0.717, 1.165) is 4.47 Å². The van der Waals surface area contributed by atoms with Gasteiger partial charge in [0.1, 0.15) is 5.75 Å². The average Bonchev–Trinajstić information content (AvgIpc) is 2.14. The van der Waals surface area contributed by atoms with Gasteiger partial charge in [0.15, 0.2) is 0 Å². The van der Waals surface area contributed by atoms with Gasteiger partial charge in [-0.25, -0.2) is 4.18 Å². The van der Waals surface area contributed by atoms with Crippen molar-refractivity contribution in [2.75, 3.05) is 6.61 Å². The minimum absolute atomic E-state index is 0.121. The maximum Gasteiger partial charge on any atom is 0.449 e. The molecule has 84 valence electrons. The maximum absolute atomic E-state index is 11.2. The van der Waals surface area contributed by atoms with Crippen LogP contribution in [0.1, 0.15) is 13.3 Å². The van der Waals surface area contributed by atoms with Crippen LogP contribution in [0, 0.1) is 0 Å². The topological polar surface area (TPSA) is 52.6 Å². The lowest BCUT2D eigenvalue weighted by molar-refractivity contribution is 0.273. The highest BCUT2D eigenvalue weighted by atomic mass is 79.9. The van der Waals surface area contributed by atoms with E-state index >= 15 is 0 Å². The van der Waals surface area contributed by atoms with Gasteiger partial charge >= 0.3 is 10.4 Å². The molecule has 0 amide bonds. The molecule has 0 aliphatic heterocycles. The summed E-state index contributed by atoms with van der Waals surface area (Å²) in [5.74, 6) is 0.223. The molecule has 0 saturated heterocycles. The number of halogens is 1. The molecule has 0 atom stereocenters. The van der Waals surface area contributed by atoms with Crippen LogP contribution in [-0.2, 0) is 14.6 Å². The first-order valence-corrected chi connectivity index (χ1v) is 6.50. The van der Waals surface area contributed by atoms with Crippen molar-refractivity contribution in [1.82, 2.24) is 0 Å². The predicted octanol–water partition coefficient (Wildman–Crippen LogP) is 2.50. The lowest BCUT2D eigenvalue weighted by atomic mass is 10.3. The molecular formula is C9H11BrO4S. The first-order valence-electron chi connectivity index (χ1n) is 4.38. The Morgan fingerprint density at radius 2 is 2.13 bits per heavy atom. The molecular weight excluding hydrogens is 284 g/mol. The summed E-state index contributed by atoms with van der Waals surface area (Å²) < 4.78 is 32.4. The lowest BCUT2D eigenvalue weighted by Crippen LogP contribution is -2.13. The van der Waals surface area contributed by atoms with Crippen molar-refractivity contribution < 1.29 is 16.8 Å². The molecule has 15 heavy (non-hydrogen) atoms. The molecule has 0 heterocycles. The Balaban J connectivity index is 2.69. The quantitative estimate of drug-likeness (QED) is 0.837. The molecule has 0 saturated carbocycles. The number of benzene rings is 1. The van der Waals surface area contributed by atoms with Gasteiger partial charge in [-0.1, -0.05) is 28.9 Å². The molecule has 0 aliphatic carbocycles. The number of hydrogen-bond acceptors (Lipinski definition) is 4. The van der Waals surface area contributed by atoms with Gasteiger partial charge in [-0.15, -0.1) is 0 Å². The van der Waals surface area contributed by atoms with E-state index < -0.39 is 10.4 Å². The van der Waals surface area contributed by atoms with Crippen molar-refractivity contribution in [3.8, 4) is 5.75 Å². The van der Waals surface area contributed by atoms with Gasteiger partial charge in [0.05, 0.1) is 6.61 Å². The predicted molar refractivity (Wildman–Crippen MR) is 59.9 cm³/mol. The Kier molecular flexibility index (Phi) is 4.56. The van der Waals surface area contributed by atoms with E-state index in [2.05, 4.69) is 20.1 Å². The fourth-order valence-electron chi connectivity index (χ4n) is 0.846. The largest absolute Gasteiger partial charge is 0.449 e. The van der Waals surface area contributed by atoms with E-state index in [0.29, 0.717) is 6.42 Å². The zero-order valence-corrected chi connectivity index (χ0v) is 10.5. The second kappa shape index (κ2) is 5.48. The van der Waals surface area contributed by atoms with Crippen LogP contribution in [0.5, 0.6) is 5.75 Å². The van der Waals surface area contributed by atoms with Crippen LogP contribution < -0.4 is 4.18 Å². The molecule has 1 rings (SSSR count). The maximum atomic E-state index is 11.2. The summed E-state index contributed by atoms with van der Waals surface area (Å²) in [7, 11) is -3.93. The minimum atomic E-state index is -3.93. The second-order valence-electron chi connectivity index (χ2n) is 2.77. The van der Waals surface area contributed by atoms with Crippen LogP contribution in [0.2, 0.25) is 0 Å². The van der Waals surface area contributed by atoms with Crippen molar-refractivity contribution >= 4 is 26.3 Å². The zero-order valence-electron chi connectivity index (χ0n) is 8.14. The smallest absolute Gasteiger partial charge is 0.362 e. The summed E-state index contributed by atoms with van der Waals surface area (Å²) in [4.78, 5) is 0. The molecule has 0 aromatic heterocycles. The fourth-order valence-corrected chi connectivity index (χ4v) is 1.98. The first kappa shape index (κ1) is 12.5. The van der Waals surface area contributed by atoms with Crippen molar-refractivity contribution in [3.63, 3.8) is 0 Å². The third kappa shape index (κ3) is 4.63. The molecule has 4 nitrogen and oxygen atoms in total. The van der Waals surface area contributed by atoms with Crippen LogP contribution in [-0.4, -0.2) is 15.0 Å². The second-order valence-corrected chi connectivity index (χ2v) is 4.91. The van der Waals surface area contributed by atoms with Gasteiger partial charge in [0, 0.05) is 4.47 Å². The summed E-state index contributed by atoms with van der Waals surface area (Å²) >= 11 is 3.21. The molecule has 6 heteroatoms. The average molecular weight is 295 g/mol. The van der Waals surface area contributed by atoms with Gasteiger partial charge in [0.25, 0.3) is 0 Å². The molecule has 0 spiro atoms. The third-order valence-corrected chi connectivity index (χ3v) is 2.77. The van der Waals surface area contributed by atoms with Crippen LogP contribution >= 0.6 is 15.9 Å². The van der Waals surface area contributed by atoms with Crippen molar-refractivity contribution in [2.24, 2.45) is 0 Å². The van der Waals surface area contributed by atoms with Crippen LogP contribution in [0.25, 0.3) is 0 Å². The van der Waals surface area contributed by atoms with Gasteiger partial charge in [0.2, 0.25) is 0 Å². The Hall–Kier alpha value is -0.590. The highest BCUT2D eigenvalue weighted by Crippen LogP contribution is 2.19. The molecule has 0 bridgehead atoms. The van der Waals surface area contributed by atoms with Crippen molar-refractivity contribution in [1.29, 1.82) is 0 Å². The Bertz CT molecular complexity index is 416. The molecule has 1 aromatic rings. The van der Waals surface area contributed by atoms with Gasteiger partial charge < -0.3 is 4.18 Å². The van der Waals surface area contributed by atoms with E-state index in [1.807, 2.05) is 6.92 Å². The Labute approximate surface area is 97.7 Å². The fraction of sp³-hybridized carbons (Fsp3) is 0.333. The third-order valence-electron chi connectivity index (χ3n) is 1.43. The number of rotatable bonds is 5. The lowest BCUT2D eigenvalue weighted by Gasteiger charge is -2.05. The zero-order chi connectivity index (χ0) is 11.3. The van der Waals surface area contributed by atoms with Crippen molar-refractivity contribution in [3.05, 3.63) is 28.7 Å². The summed E-state index contributed by atoms with van der Waals surface area (Å²) in [6.45, 7) is 1.94. The van der Waals surface area contributed by atoms with E-state index in [1.54, 1.807) is 18.2 Å². The highest BCUT2D eigenvalue weighted by Gasteiger charge is 2.12. The molecule has 0 N–H and O–H groups in total. The van der Waals surface area contributed by atoms with E-state index in [9.17, 15) is 8.42 Å². The molecule has 0 fully saturated rings. The first-order chi connectivity index (χ1) is 7.03. The minimum Gasteiger partial charge on any atom is -0.362 e. The van der Waals surface area contributed by atoms with Crippen molar-refractivity contribution in [2.45, 2.75) is 13.3 Å². The van der Waals surface area contributed by atoms with Gasteiger partial charge in [-0.2, -0.15) is 8.42 Å². The molecule has 0 aliphatic rings. The van der Waals surface area contributed by atoms with Crippen LogP contribution in [0.4, 0.5) is 0 Å². The molecule has 1 aromatic carbocycles. The van der Waals surface area contributed by atoms with E-state index in [-0.39, 0.29) is 12.4 Å². The summed E-state index contributed by atoms with van der Waals surface area (Å²) in [6.07, 6.45) is 0.612. The normalized spacial score (nSPS) is 11.3. The number of hydrogen-bond donors (Lipinski definition) is 0. The standard InChI is InChI=1S/C9H11BrO4S/c1-2-6-13-15(11,12)14-9-5-3-4-8(10)7-9/h3-5,7H,2,6H2,1H3. The summed E-state index contributed by atoms with van der Waals surface area (Å²) in [5, 5.41) is 0. The Morgan fingerprint density at radius 1 is 1.40 bits per heavy atom. The van der Waals surface area contributed by atoms with Gasteiger partial charge in [-0.3, -0.25) is 0 Å². The van der Waals surface area contributed by atoms with Gasteiger partial charge in [-0.05, 0) is 24.6 Å². The van der Waals surface area contributed by atoms with E-state index in [4.69, 9.17) is 4.18 Å². The highest BCUT2D eigenvalue weighted by molar-refractivity contribution is 9.10. The monoisotopic (exact) mass is 294 g/mol. The molecule has 0 unspecified atom stereocenters. The van der Waals surface area contributed by atoms with E-state index in [1.165, 1.54) is 6.07 Å². The molecule has 0 radical (unpaired) electrons. The van der Waals surface area contributed by atoms with Crippen LogP contribution in [0.3, 0.4) is 0 Å². The summed E-state index contributed by atoms with van der Waals surface area (Å²) in [5.41, 5.74) is 0.